The molecule has 2 amide bonds. The first-order chi connectivity index (χ1) is 11.1. The second-order valence-electron chi connectivity index (χ2n) is 5.38. The lowest BCUT2D eigenvalue weighted by atomic mass is 9.94. The summed E-state index contributed by atoms with van der Waals surface area (Å²) in [5, 5.41) is 2.98. The number of anilines is 1. The van der Waals surface area contributed by atoms with E-state index in [4.69, 9.17) is 11.6 Å². The Bertz CT molecular complexity index is 738. The molecule has 2 aromatic heterocycles. The van der Waals surface area contributed by atoms with E-state index in [0.29, 0.717) is 5.69 Å². The minimum atomic E-state index is -0.507. The lowest BCUT2D eigenvalue weighted by Gasteiger charge is -2.24. The average Bonchev–Trinajstić information content (AvgIpc) is 2.86. The summed E-state index contributed by atoms with van der Waals surface area (Å²) in [7, 11) is 1.70. The van der Waals surface area contributed by atoms with E-state index in [-0.39, 0.29) is 29.4 Å². The summed E-state index contributed by atoms with van der Waals surface area (Å²) in [6.07, 6.45) is 5.03. The van der Waals surface area contributed by atoms with Crippen molar-refractivity contribution in [3.8, 4) is 0 Å². The van der Waals surface area contributed by atoms with Gasteiger partial charge in [0, 0.05) is 32.1 Å². The quantitative estimate of drug-likeness (QED) is 0.876. The lowest BCUT2D eigenvalue weighted by Crippen LogP contribution is -2.30. The Labute approximate surface area is 138 Å². The molecule has 23 heavy (non-hydrogen) atoms. The van der Waals surface area contributed by atoms with E-state index in [2.05, 4.69) is 15.3 Å². The molecule has 0 radical (unpaired) electrons. The van der Waals surface area contributed by atoms with Gasteiger partial charge < -0.3 is 10.2 Å². The van der Waals surface area contributed by atoms with Gasteiger partial charge in [-0.15, -0.1) is 0 Å². The third kappa shape index (κ3) is 3.03. The van der Waals surface area contributed by atoms with Crippen molar-refractivity contribution in [2.75, 3.05) is 12.4 Å². The van der Waals surface area contributed by atoms with Gasteiger partial charge in [-0.1, -0.05) is 17.7 Å². The second kappa shape index (κ2) is 6.34. The standard InChI is InChI=1S/C16H15ClN4O2/c1-21-13(22)8-11(14(21)10-4-2-6-18-9-10)16(23)20-12-5-3-7-19-15(12)17/h2-7,9,11,14H,8H2,1H3,(H,20,23)/t11-,14-/m0/s1. The molecule has 0 spiro atoms. The highest BCUT2D eigenvalue weighted by Crippen LogP contribution is 2.37. The Balaban J connectivity index is 1.86. The molecule has 0 aliphatic carbocycles. The maximum absolute atomic E-state index is 12.6. The van der Waals surface area contributed by atoms with Crippen molar-refractivity contribution in [2.24, 2.45) is 5.92 Å². The van der Waals surface area contributed by atoms with Crippen LogP contribution in [-0.2, 0) is 9.59 Å². The summed E-state index contributed by atoms with van der Waals surface area (Å²) in [4.78, 5) is 34.3. The fourth-order valence-corrected chi connectivity index (χ4v) is 2.98. The van der Waals surface area contributed by atoms with Crippen molar-refractivity contribution in [2.45, 2.75) is 12.5 Å². The van der Waals surface area contributed by atoms with Crippen molar-refractivity contribution in [3.63, 3.8) is 0 Å². The molecule has 0 saturated carbocycles. The third-order valence-corrected chi connectivity index (χ3v) is 4.27. The first kappa shape index (κ1) is 15.4. The Morgan fingerprint density at radius 3 is 2.83 bits per heavy atom. The van der Waals surface area contributed by atoms with Crippen LogP contribution in [0.2, 0.25) is 5.15 Å². The summed E-state index contributed by atoms with van der Waals surface area (Å²) < 4.78 is 0. The molecule has 1 aliphatic rings. The second-order valence-corrected chi connectivity index (χ2v) is 5.74. The topological polar surface area (TPSA) is 75.2 Å². The average molecular weight is 331 g/mol. The molecule has 7 heteroatoms. The predicted octanol–water partition coefficient (Wildman–Crippen LogP) is 2.29. The first-order valence-corrected chi connectivity index (χ1v) is 7.52. The molecule has 3 heterocycles. The highest BCUT2D eigenvalue weighted by Gasteiger charge is 2.42. The fraction of sp³-hybridized carbons (Fsp3) is 0.250. The summed E-state index contributed by atoms with van der Waals surface area (Å²) in [6.45, 7) is 0. The van der Waals surface area contributed by atoms with Crippen LogP contribution in [0.3, 0.4) is 0 Å². The van der Waals surface area contributed by atoms with Crippen LogP contribution in [0.1, 0.15) is 18.0 Å². The molecule has 1 fully saturated rings. The van der Waals surface area contributed by atoms with Crippen LogP contribution in [-0.4, -0.2) is 33.7 Å². The maximum atomic E-state index is 12.6. The number of hydrogen-bond acceptors (Lipinski definition) is 4. The van der Waals surface area contributed by atoms with Gasteiger partial charge in [0.05, 0.1) is 17.6 Å². The van der Waals surface area contributed by atoms with Crippen molar-refractivity contribution in [1.29, 1.82) is 0 Å². The Morgan fingerprint density at radius 2 is 2.13 bits per heavy atom. The van der Waals surface area contributed by atoms with E-state index in [0.717, 1.165) is 5.56 Å². The molecule has 3 rings (SSSR count). The smallest absolute Gasteiger partial charge is 0.230 e. The molecular formula is C16H15ClN4O2. The van der Waals surface area contributed by atoms with Crippen LogP contribution in [0.4, 0.5) is 5.69 Å². The molecular weight excluding hydrogens is 316 g/mol. The van der Waals surface area contributed by atoms with Gasteiger partial charge >= 0.3 is 0 Å². The van der Waals surface area contributed by atoms with E-state index >= 15 is 0 Å². The summed E-state index contributed by atoms with van der Waals surface area (Å²) in [6, 6.07) is 6.67. The zero-order valence-corrected chi connectivity index (χ0v) is 13.2. The third-order valence-electron chi connectivity index (χ3n) is 3.97. The molecule has 118 valence electrons. The van der Waals surface area contributed by atoms with Crippen molar-refractivity contribution in [3.05, 3.63) is 53.6 Å². The Hall–Kier alpha value is -2.47. The normalized spacial score (nSPS) is 20.6. The van der Waals surface area contributed by atoms with Crippen LogP contribution in [0.5, 0.6) is 0 Å². The van der Waals surface area contributed by atoms with Gasteiger partial charge in [-0.05, 0) is 23.8 Å². The number of pyridine rings is 2. The number of amides is 2. The summed E-state index contributed by atoms with van der Waals surface area (Å²) in [5.41, 5.74) is 1.27. The zero-order chi connectivity index (χ0) is 16.4. The SMILES string of the molecule is CN1C(=O)C[C@H](C(=O)Nc2cccnc2Cl)[C@@H]1c1cccnc1. The zero-order valence-electron chi connectivity index (χ0n) is 12.4. The Morgan fingerprint density at radius 1 is 1.35 bits per heavy atom. The lowest BCUT2D eigenvalue weighted by molar-refractivity contribution is -0.127. The van der Waals surface area contributed by atoms with E-state index in [1.807, 2.05) is 6.07 Å². The maximum Gasteiger partial charge on any atom is 0.230 e. The van der Waals surface area contributed by atoms with Gasteiger partial charge in [-0.2, -0.15) is 0 Å². The minimum Gasteiger partial charge on any atom is -0.338 e. The first-order valence-electron chi connectivity index (χ1n) is 7.15. The highest BCUT2D eigenvalue weighted by molar-refractivity contribution is 6.32. The number of rotatable bonds is 3. The number of aromatic nitrogens is 2. The summed E-state index contributed by atoms with van der Waals surface area (Å²) in [5.74, 6) is -0.837. The molecule has 1 aliphatic heterocycles. The van der Waals surface area contributed by atoms with Gasteiger partial charge in [0.15, 0.2) is 5.15 Å². The molecule has 0 aromatic carbocycles. The van der Waals surface area contributed by atoms with Crippen molar-refractivity contribution >= 4 is 29.1 Å². The molecule has 1 saturated heterocycles. The summed E-state index contributed by atoms with van der Waals surface area (Å²) >= 11 is 5.97. The number of carbonyl (C=O) groups is 2. The number of carbonyl (C=O) groups excluding carboxylic acids is 2. The largest absolute Gasteiger partial charge is 0.338 e. The number of nitrogens with one attached hydrogen (secondary N) is 1. The van der Waals surface area contributed by atoms with Crippen LogP contribution in [0.25, 0.3) is 0 Å². The van der Waals surface area contributed by atoms with E-state index in [1.165, 1.54) is 0 Å². The minimum absolute atomic E-state index is 0.0729. The van der Waals surface area contributed by atoms with Gasteiger partial charge in [0.2, 0.25) is 11.8 Å². The van der Waals surface area contributed by atoms with Gasteiger partial charge in [-0.3, -0.25) is 14.6 Å². The number of halogens is 1. The predicted molar refractivity (Wildman–Crippen MR) is 85.7 cm³/mol. The molecule has 1 N–H and O–H groups in total. The van der Waals surface area contributed by atoms with Crippen molar-refractivity contribution < 1.29 is 9.59 Å². The van der Waals surface area contributed by atoms with Gasteiger partial charge in [0.1, 0.15) is 0 Å². The van der Waals surface area contributed by atoms with E-state index in [1.54, 1.807) is 48.7 Å². The highest BCUT2D eigenvalue weighted by atomic mass is 35.5. The molecule has 2 aromatic rings. The Kier molecular flexibility index (Phi) is 4.25. The van der Waals surface area contributed by atoms with E-state index in [9.17, 15) is 9.59 Å². The molecule has 6 nitrogen and oxygen atoms in total. The van der Waals surface area contributed by atoms with Crippen LogP contribution >= 0.6 is 11.6 Å². The van der Waals surface area contributed by atoms with Crippen LogP contribution < -0.4 is 5.32 Å². The monoisotopic (exact) mass is 330 g/mol. The molecule has 0 bridgehead atoms. The van der Waals surface area contributed by atoms with E-state index < -0.39 is 5.92 Å². The number of hydrogen-bond donors (Lipinski definition) is 1. The molecule has 0 unspecified atom stereocenters. The number of likely N-dealkylation sites (tertiary alicyclic amines) is 1. The van der Waals surface area contributed by atoms with Crippen LogP contribution in [0.15, 0.2) is 42.9 Å². The molecule has 2 atom stereocenters. The van der Waals surface area contributed by atoms with Gasteiger partial charge in [-0.25, -0.2) is 4.98 Å². The fourth-order valence-electron chi connectivity index (χ4n) is 2.82. The van der Waals surface area contributed by atoms with Crippen LogP contribution in [0, 0.1) is 5.92 Å². The number of nitrogens with zero attached hydrogens (tertiary/aromatic N) is 3. The van der Waals surface area contributed by atoms with Crippen molar-refractivity contribution in [1.82, 2.24) is 14.9 Å². The van der Waals surface area contributed by atoms with Gasteiger partial charge in [0.25, 0.3) is 0 Å².